The van der Waals surface area contributed by atoms with Crippen molar-refractivity contribution in [1.29, 1.82) is 0 Å². The number of hydrogen-bond donors (Lipinski definition) is 1. The molecule has 0 amide bonds. The summed E-state index contributed by atoms with van der Waals surface area (Å²) >= 11 is 3.51. The molecule has 84 valence electrons. The molecule has 0 saturated heterocycles. The summed E-state index contributed by atoms with van der Waals surface area (Å²) in [5, 5.41) is 9.04. The first kappa shape index (κ1) is 11.4. The molecule has 0 aliphatic heterocycles. The van der Waals surface area contributed by atoms with E-state index in [9.17, 15) is 0 Å². The number of aryl methyl sites for hydroxylation is 1. The zero-order valence-corrected chi connectivity index (χ0v) is 10.6. The Morgan fingerprint density at radius 2 is 2.25 bits per heavy atom. The second-order valence-electron chi connectivity index (χ2n) is 3.51. The Hall–Kier alpha value is -1.13. The van der Waals surface area contributed by atoms with Gasteiger partial charge in [0, 0.05) is 23.3 Å². The van der Waals surface area contributed by atoms with Crippen LogP contribution >= 0.6 is 15.9 Å². The summed E-state index contributed by atoms with van der Waals surface area (Å²) in [5.41, 5.74) is 1.94. The summed E-state index contributed by atoms with van der Waals surface area (Å²) in [6, 6.07) is 5.82. The molecule has 0 aliphatic carbocycles. The molecule has 0 atom stereocenters. The van der Waals surface area contributed by atoms with Gasteiger partial charge in [-0.1, -0.05) is 13.0 Å². The number of imidazole rings is 1. The smallest absolute Gasteiger partial charge is 0.112 e. The van der Waals surface area contributed by atoms with Gasteiger partial charge in [-0.15, -0.1) is 0 Å². The molecule has 0 fully saturated rings. The number of aliphatic hydroxyl groups is 1. The average Bonchev–Trinajstić information content (AvgIpc) is 2.76. The highest BCUT2D eigenvalue weighted by Gasteiger charge is 2.07. The molecule has 2 aromatic rings. The van der Waals surface area contributed by atoms with Crippen LogP contribution in [0.3, 0.4) is 0 Å². The van der Waals surface area contributed by atoms with Gasteiger partial charge in [0.25, 0.3) is 0 Å². The zero-order valence-electron chi connectivity index (χ0n) is 9.02. The number of nitrogens with zero attached hydrogens (tertiary/aromatic N) is 2. The van der Waals surface area contributed by atoms with Crippen molar-refractivity contribution >= 4 is 15.9 Å². The van der Waals surface area contributed by atoms with Crippen molar-refractivity contribution < 1.29 is 5.11 Å². The van der Waals surface area contributed by atoms with Gasteiger partial charge >= 0.3 is 0 Å². The van der Waals surface area contributed by atoms with Crippen molar-refractivity contribution in [3.8, 4) is 5.69 Å². The van der Waals surface area contributed by atoms with Gasteiger partial charge in [0.2, 0.25) is 0 Å². The molecule has 16 heavy (non-hydrogen) atoms. The van der Waals surface area contributed by atoms with Gasteiger partial charge in [0.15, 0.2) is 0 Å². The van der Waals surface area contributed by atoms with Crippen LogP contribution in [-0.2, 0) is 13.0 Å². The van der Waals surface area contributed by atoms with Crippen LogP contribution in [0, 0.1) is 0 Å². The molecule has 0 saturated carbocycles. The van der Waals surface area contributed by atoms with E-state index in [2.05, 4.69) is 27.8 Å². The quantitative estimate of drug-likeness (QED) is 0.939. The Morgan fingerprint density at radius 3 is 2.88 bits per heavy atom. The maximum atomic E-state index is 9.04. The summed E-state index contributed by atoms with van der Waals surface area (Å²) in [4.78, 5) is 4.29. The van der Waals surface area contributed by atoms with Crippen molar-refractivity contribution in [2.75, 3.05) is 0 Å². The Kier molecular flexibility index (Phi) is 3.41. The van der Waals surface area contributed by atoms with Crippen molar-refractivity contribution in [3.05, 3.63) is 46.5 Å². The van der Waals surface area contributed by atoms with Gasteiger partial charge in [-0.2, -0.15) is 0 Å². The lowest BCUT2D eigenvalue weighted by Crippen LogP contribution is -2.00. The van der Waals surface area contributed by atoms with Gasteiger partial charge in [-0.3, -0.25) is 0 Å². The van der Waals surface area contributed by atoms with E-state index in [1.165, 1.54) is 0 Å². The summed E-state index contributed by atoms with van der Waals surface area (Å²) < 4.78 is 3.01. The predicted molar refractivity (Wildman–Crippen MR) is 66.6 cm³/mol. The highest BCUT2D eigenvalue weighted by Crippen LogP contribution is 2.23. The Morgan fingerprint density at radius 1 is 1.44 bits per heavy atom. The van der Waals surface area contributed by atoms with Crippen molar-refractivity contribution in [2.45, 2.75) is 20.0 Å². The lowest BCUT2D eigenvalue weighted by molar-refractivity contribution is 0.282. The SMILES string of the molecule is CCc1nccn1-c1ccc(CO)cc1Br. The number of aliphatic hydroxyl groups excluding tert-OH is 1. The Bertz CT molecular complexity index is 494. The molecule has 0 bridgehead atoms. The molecule has 0 spiro atoms. The van der Waals surface area contributed by atoms with E-state index in [0.717, 1.165) is 28.0 Å². The fraction of sp³-hybridized carbons (Fsp3) is 0.250. The lowest BCUT2D eigenvalue weighted by Gasteiger charge is -2.09. The van der Waals surface area contributed by atoms with Crippen molar-refractivity contribution in [3.63, 3.8) is 0 Å². The number of hydrogen-bond acceptors (Lipinski definition) is 2. The minimum Gasteiger partial charge on any atom is -0.392 e. The summed E-state index contributed by atoms with van der Waals surface area (Å²) in [7, 11) is 0. The maximum absolute atomic E-state index is 9.04. The number of aromatic nitrogens is 2. The normalized spacial score (nSPS) is 10.7. The van der Waals surface area contributed by atoms with E-state index >= 15 is 0 Å². The van der Waals surface area contributed by atoms with Gasteiger partial charge in [0.1, 0.15) is 5.82 Å². The van der Waals surface area contributed by atoms with Crippen molar-refractivity contribution in [2.24, 2.45) is 0 Å². The number of benzene rings is 1. The van der Waals surface area contributed by atoms with E-state index in [0.29, 0.717) is 0 Å². The van der Waals surface area contributed by atoms with Crippen LogP contribution in [0.25, 0.3) is 5.69 Å². The standard InChI is InChI=1S/C12H13BrN2O/c1-2-12-14-5-6-15(12)11-4-3-9(8-16)7-10(11)13/h3-7,16H,2,8H2,1H3. The molecule has 0 aliphatic rings. The third-order valence-electron chi connectivity index (χ3n) is 2.49. The molecular formula is C12H13BrN2O. The first-order valence-electron chi connectivity index (χ1n) is 5.18. The molecule has 4 heteroatoms. The molecule has 1 N–H and O–H groups in total. The summed E-state index contributed by atoms with van der Waals surface area (Å²) in [6.45, 7) is 2.14. The third-order valence-corrected chi connectivity index (χ3v) is 3.12. The Labute approximate surface area is 103 Å². The topological polar surface area (TPSA) is 38.0 Å². The second kappa shape index (κ2) is 4.80. The maximum Gasteiger partial charge on any atom is 0.112 e. The number of halogens is 1. The molecule has 1 heterocycles. The number of rotatable bonds is 3. The second-order valence-corrected chi connectivity index (χ2v) is 4.37. The molecular weight excluding hydrogens is 268 g/mol. The van der Waals surface area contributed by atoms with Crippen LogP contribution in [0.5, 0.6) is 0 Å². The largest absolute Gasteiger partial charge is 0.392 e. The highest BCUT2D eigenvalue weighted by atomic mass is 79.9. The monoisotopic (exact) mass is 280 g/mol. The first-order valence-corrected chi connectivity index (χ1v) is 5.97. The van der Waals surface area contributed by atoms with Gasteiger partial charge < -0.3 is 9.67 Å². The molecule has 1 aromatic carbocycles. The van der Waals surface area contributed by atoms with E-state index in [1.54, 1.807) is 6.20 Å². The van der Waals surface area contributed by atoms with E-state index in [1.807, 2.05) is 29.0 Å². The van der Waals surface area contributed by atoms with Crippen LogP contribution in [0.15, 0.2) is 35.1 Å². The fourth-order valence-electron chi connectivity index (χ4n) is 1.66. The zero-order chi connectivity index (χ0) is 11.5. The highest BCUT2D eigenvalue weighted by molar-refractivity contribution is 9.10. The summed E-state index contributed by atoms with van der Waals surface area (Å²) in [6.07, 6.45) is 4.63. The lowest BCUT2D eigenvalue weighted by atomic mass is 10.2. The van der Waals surface area contributed by atoms with Crippen LogP contribution in [0.1, 0.15) is 18.3 Å². The molecule has 1 aromatic heterocycles. The molecule has 0 unspecified atom stereocenters. The van der Waals surface area contributed by atoms with Gasteiger partial charge in [-0.25, -0.2) is 4.98 Å². The molecule has 0 radical (unpaired) electrons. The van der Waals surface area contributed by atoms with Gasteiger partial charge in [-0.05, 0) is 33.6 Å². The van der Waals surface area contributed by atoms with Crippen LogP contribution in [-0.4, -0.2) is 14.7 Å². The minimum atomic E-state index is 0.0590. The van der Waals surface area contributed by atoms with Gasteiger partial charge in [0.05, 0.1) is 12.3 Å². The van der Waals surface area contributed by atoms with E-state index in [4.69, 9.17) is 5.11 Å². The molecule has 2 rings (SSSR count). The van der Waals surface area contributed by atoms with E-state index < -0.39 is 0 Å². The predicted octanol–water partition coefficient (Wildman–Crippen LogP) is 2.69. The Balaban J connectivity index is 2.48. The molecule has 3 nitrogen and oxygen atoms in total. The minimum absolute atomic E-state index is 0.0590. The average molecular weight is 281 g/mol. The van der Waals surface area contributed by atoms with Crippen molar-refractivity contribution in [1.82, 2.24) is 9.55 Å². The fourth-order valence-corrected chi connectivity index (χ4v) is 2.28. The first-order chi connectivity index (χ1) is 7.76. The summed E-state index contributed by atoms with van der Waals surface area (Å²) in [5.74, 6) is 1.03. The third kappa shape index (κ3) is 2.03. The van der Waals surface area contributed by atoms with Crippen LogP contribution in [0.4, 0.5) is 0 Å². The van der Waals surface area contributed by atoms with E-state index in [-0.39, 0.29) is 6.61 Å². The van der Waals surface area contributed by atoms with Crippen LogP contribution < -0.4 is 0 Å². The van der Waals surface area contributed by atoms with Crippen LogP contribution in [0.2, 0.25) is 0 Å².